The van der Waals surface area contributed by atoms with Crippen LogP contribution in [0.4, 0.5) is 0 Å². The lowest BCUT2D eigenvalue weighted by atomic mass is 9.72. The van der Waals surface area contributed by atoms with Crippen molar-refractivity contribution in [2.75, 3.05) is 0 Å². The molecule has 0 saturated carbocycles. The molecule has 0 unspecified atom stereocenters. The van der Waals surface area contributed by atoms with E-state index in [1.54, 1.807) is 0 Å². The molecule has 0 heterocycles. The van der Waals surface area contributed by atoms with Gasteiger partial charge in [-0.25, -0.2) is 0 Å². The fraction of sp³-hybridized carbons (Fsp3) is 0.450. The Labute approximate surface area is 134 Å². The van der Waals surface area contributed by atoms with E-state index in [2.05, 4.69) is 50.7 Å². The van der Waals surface area contributed by atoms with Gasteiger partial charge in [-0.3, -0.25) is 4.79 Å². The van der Waals surface area contributed by atoms with Gasteiger partial charge in [0.15, 0.2) is 0 Å². The van der Waals surface area contributed by atoms with E-state index < -0.39 is 0 Å². The van der Waals surface area contributed by atoms with E-state index in [0.29, 0.717) is 6.47 Å². The van der Waals surface area contributed by atoms with Gasteiger partial charge in [-0.2, -0.15) is 0 Å². The maximum atomic E-state index is 10.1. The molecular weight excluding hydrogens is 272 g/mol. The molecule has 1 aliphatic rings. The van der Waals surface area contributed by atoms with Gasteiger partial charge in [-0.15, -0.1) is 0 Å². The minimum absolute atomic E-state index is 0.278. The number of carbonyl (C=O) groups excluding carboxylic acids is 1. The van der Waals surface area contributed by atoms with Crippen LogP contribution in [0.25, 0.3) is 0 Å². The molecule has 1 aliphatic carbocycles. The highest BCUT2D eigenvalue weighted by Gasteiger charge is 2.26. The van der Waals surface area contributed by atoms with E-state index in [0.717, 1.165) is 5.57 Å². The highest BCUT2D eigenvalue weighted by atomic mass is 16.5. The van der Waals surface area contributed by atoms with E-state index in [1.807, 2.05) is 19.1 Å². The zero-order valence-electron chi connectivity index (χ0n) is 14.5. The lowest BCUT2D eigenvalue weighted by Gasteiger charge is -2.32. The van der Waals surface area contributed by atoms with Crippen molar-refractivity contribution in [2.24, 2.45) is 5.41 Å². The van der Waals surface area contributed by atoms with Gasteiger partial charge in [0, 0.05) is 0 Å². The third kappa shape index (κ3) is 5.88. The van der Waals surface area contributed by atoms with Crippen molar-refractivity contribution in [2.45, 2.75) is 53.9 Å². The molecule has 0 spiro atoms. The molecule has 22 heavy (non-hydrogen) atoms. The minimum atomic E-state index is 0.278. The van der Waals surface area contributed by atoms with Gasteiger partial charge in [0.1, 0.15) is 0 Å². The first-order valence-electron chi connectivity index (χ1n) is 7.86. The number of ether oxygens (including phenoxy) is 1. The van der Waals surface area contributed by atoms with Crippen LogP contribution >= 0.6 is 0 Å². The SMILES string of the molecule is CC1=C(/C=C/C(C)=C/C=C/C(C)=C\OC=O)C(C)(C)CCC1. The van der Waals surface area contributed by atoms with E-state index in [1.165, 1.54) is 42.2 Å². The molecule has 0 aromatic heterocycles. The van der Waals surface area contributed by atoms with Gasteiger partial charge < -0.3 is 4.74 Å². The van der Waals surface area contributed by atoms with Crippen LogP contribution in [-0.4, -0.2) is 6.47 Å². The van der Waals surface area contributed by atoms with Crippen LogP contribution in [0, 0.1) is 5.41 Å². The highest BCUT2D eigenvalue weighted by Crippen LogP contribution is 2.40. The Balaban J connectivity index is 2.75. The van der Waals surface area contributed by atoms with Crippen molar-refractivity contribution in [3.05, 3.63) is 58.9 Å². The molecule has 0 atom stereocenters. The fourth-order valence-electron chi connectivity index (χ4n) is 2.81. The molecule has 2 nitrogen and oxygen atoms in total. The Kier molecular flexibility index (Phi) is 7.10. The minimum Gasteiger partial charge on any atom is -0.436 e. The Morgan fingerprint density at radius 1 is 1.18 bits per heavy atom. The molecule has 0 aromatic carbocycles. The van der Waals surface area contributed by atoms with Crippen molar-refractivity contribution < 1.29 is 9.53 Å². The molecule has 0 N–H and O–H groups in total. The van der Waals surface area contributed by atoms with Crippen molar-refractivity contribution >= 4 is 6.47 Å². The molecule has 2 heteroatoms. The molecule has 0 saturated heterocycles. The molecule has 0 amide bonds. The van der Waals surface area contributed by atoms with Crippen molar-refractivity contribution in [3.8, 4) is 0 Å². The molecule has 0 aromatic rings. The highest BCUT2D eigenvalue weighted by molar-refractivity contribution is 5.39. The lowest BCUT2D eigenvalue weighted by molar-refractivity contribution is -0.123. The van der Waals surface area contributed by atoms with Gasteiger partial charge >= 0.3 is 0 Å². The Hall–Kier alpha value is -1.83. The normalized spacial score (nSPS) is 20.0. The van der Waals surface area contributed by atoms with Crippen LogP contribution in [-0.2, 0) is 9.53 Å². The quantitative estimate of drug-likeness (QED) is 0.360. The summed E-state index contributed by atoms with van der Waals surface area (Å²) in [5.74, 6) is 0. The Morgan fingerprint density at radius 2 is 1.91 bits per heavy atom. The van der Waals surface area contributed by atoms with Crippen molar-refractivity contribution in [1.82, 2.24) is 0 Å². The van der Waals surface area contributed by atoms with Crippen molar-refractivity contribution in [3.63, 3.8) is 0 Å². The zero-order chi connectivity index (χ0) is 16.6. The fourth-order valence-corrected chi connectivity index (χ4v) is 2.81. The van der Waals surface area contributed by atoms with Gasteiger partial charge in [-0.05, 0) is 56.6 Å². The summed E-state index contributed by atoms with van der Waals surface area (Å²) >= 11 is 0. The molecule has 1 rings (SSSR count). The maximum Gasteiger partial charge on any atom is 0.297 e. The largest absolute Gasteiger partial charge is 0.436 e. The molecule has 0 fully saturated rings. The summed E-state index contributed by atoms with van der Waals surface area (Å²) in [5.41, 5.74) is 5.36. The van der Waals surface area contributed by atoms with Crippen LogP contribution in [0.15, 0.2) is 58.9 Å². The summed E-state index contributed by atoms with van der Waals surface area (Å²) in [4.78, 5) is 10.1. The average molecular weight is 300 g/mol. The number of rotatable bonds is 6. The van der Waals surface area contributed by atoms with E-state index in [-0.39, 0.29) is 5.41 Å². The van der Waals surface area contributed by atoms with Crippen LogP contribution in [0.2, 0.25) is 0 Å². The second-order valence-electron chi connectivity index (χ2n) is 6.63. The van der Waals surface area contributed by atoms with E-state index >= 15 is 0 Å². The summed E-state index contributed by atoms with van der Waals surface area (Å²) in [6.45, 7) is 11.3. The first kappa shape index (κ1) is 18.2. The van der Waals surface area contributed by atoms with Gasteiger partial charge in [0.25, 0.3) is 6.47 Å². The summed E-state index contributed by atoms with van der Waals surface area (Å²) in [6, 6.07) is 0. The van der Waals surface area contributed by atoms with Crippen LogP contribution < -0.4 is 0 Å². The Morgan fingerprint density at radius 3 is 2.55 bits per heavy atom. The molecule has 0 bridgehead atoms. The first-order chi connectivity index (χ1) is 10.4. The van der Waals surface area contributed by atoms with Gasteiger partial charge in [0.05, 0.1) is 6.26 Å². The zero-order valence-corrected chi connectivity index (χ0v) is 14.5. The summed E-state index contributed by atoms with van der Waals surface area (Å²) < 4.78 is 4.58. The maximum absolute atomic E-state index is 10.1. The Bertz CT molecular complexity index is 540. The average Bonchev–Trinajstić information content (AvgIpc) is 2.43. The van der Waals surface area contributed by atoms with Gasteiger partial charge in [-0.1, -0.05) is 55.4 Å². The topological polar surface area (TPSA) is 26.3 Å². The summed E-state index contributed by atoms with van der Waals surface area (Å²) in [7, 11) is 0. The van der Waals surface area contributed by atoms with E-state index in [9.17, 15) is 4.79 Å². The third-order valence-corrected chi connectivity index (χ3v) is 4.08. The van der Waals surface area contributed by atoms with Gasteiger partial charge in [0.2, 0.25) is 0 Å². The smallest absolute Gasteiger partial charge is 0.297 e. The number of hydrogen-bond donors (Lipinski definition) is 0. The second kappa shape index (κ2) is 8.57. The van der Waals surface area contributed by atoms with Crippen LogP contribution in [0.1, 0.15) is 53.9 Å². The molecule has 0 radical (unpaired) electrons. The molecule has 0 aliphatic heterocycles. The lowest BCUT2D eigenvalue weighted by Crippen LogP contribution is -2.19. The van der Waals surface area contributed by atoms with E-state index in [4.69, 9.17) is 0 Å². The summed E-state index contributed by atoms with van der Waals surface area (Å²) in [6.07, 6.45) is 15.6. The molecule has 120 valence electrons. The number of allylic oxidation sites excluding steroid dienone is 9. The predicted molar refractivity (Wildman–Crippen MR) is 93.3 cm³/mol. The standard InChI is InChI=1S/C20H28O2/c1-16(8-6-9-17(2)14-22-15-21)11-12-19-18(3)10-7-13-20(19,4)5/h6,8-9,11-12,14-15H,7,10,13H2,1-5H3/b9-6+,12-11+,16-8+,17-14-. The van der Waals surface area contributed by atoms with Crippen molar-refractivity contribution in [1.29, 1.82) is 0 Å². The monoisotopic (exact) mass is 300 g/mol. The second-order valence-corrected chi connectivity index (χ2v) is 6.63. The van der Waals surface area contributed by atoms with Crippen LogP contribution in [0.5, 0.6) is 0 Å². The first-order valence-corrected chi connectivity index (χ1v) is 7.86. The third-order valence-electron chi connectivity index (χ3n) is 4.08. The van der Waals surface area contributed by atoms with Crippen LogP contribution in [0.3, 0.4) is 0 Å². The predicted octanol–water partition coefficient (Wildman–Crippen LogP) is 5.65. The number of hydrogen-bond acceptors (Lipinski definition) is 2. The summed E-state index contributed by atoms with van der Waals surface area (Å²) in [5, 5.41) is 0. The number of carbonyl (C=O) groups is 1. The molecular formula is C20H28O2.